The minimum atomic E-state index is -0.420. The number of aliphatic hydroxyl groups excluding tert-OH is 2. The van der Waals surface area contributed by atoms with Crippen molar-refractivity contribution in [1.29, 1.82) is 0 Å². The molecule has 6 heteroatoms. The average molecular weight is 247 g/mol. The summed E-state index contributed by atoms with van der Waals surface area (Å²) in [6.07, 6.45) is 0.339. The van der Waals surface area contributed by atoms with E-state index >= 15 is 0 Å². The van der Waals surface area contributed by atoms with Gasteiger partial charge >= 0.3 is 5.17 Å². The SMILES string of the molecule is C=[N+]=C(S[C@@H]1C[C@@H](O)C[C@@H](CO)O1)N(C)C. The molecule has 1 saturated heterocycles. The van der Waals surface area contributed by atoms with Crippen LogP contribution in [0.2, 0.25) is 0 Å². The molecule has 0 aromatic heterocycles. The Morgan fingerprint density at radius 2 is 2.25 bits per heavy atom. The standard InChI is InChI=1S/C10H19N2O3S/c1-11-10(12(2)3)16-9-5-7(14)4-8(6-13)15-9/h7-9,13-14H,1,4-6H2,2-3H3/q+1/t7-,8-,9+/m0/s1. The highest BCUT2D eigenvalue weighted by atomic mass is 32.2. The molecule has 1 aliphatic heterocycles. The Bertz CT molecular complexity index is 279. The summed E-state index contributed by atoms with van der Waals surface area (Å²) in [5.74, 6) is 0. The first-order chi connectivity index (χ1) is 7.56. The molecular formula is C10H19N2O3S+. The Morgan fingerprint density at radius 1 is 1.56 bits per heavy atom. The van der Waals surface area contributed by atoms with Crippen LogP contribution in [-0.4, -0.2) is 65.3 Å². The summed E-state index contributed by atoms with van der Waals surface area (Å²) in [7, 11) is 3.75. The first-order valence-corrected chi connectivity index (χ1v) is 6.06. The molecule has 0 aliphatic carbocycles. The third kappa shape index (κ3) is 3.81. The summed E-state index contributed by atoms with van der Waals surface area (Å²) in [5.41, 5.74) is -0.177. The van der Waals surface area contributed by atoms with E-state index in [0.717, 1.165) is 5.17 Å². The fourth-order valence-electron chi connectivity index (χ4n) is 1.54. The molecule has 0 aromatic carbocycles. The van der Waals surface area contributed by atoms with Crippen LogP contribution >= 0.6 is 11.8 Å². The van der Waals surface area contributed by atoms with Crippen LogP contribution in [0.1, 0.15) is 12.8 Å². The van der Waals surface area contributed by atoms with Gasteiger partial charge in [-0.05, 0) is 0 Å². The van der Waals surface area contributed by atoms with Crippen LogP contribution in [0.3, 0.4) is 0 Å². The highest BCUT2D eigenvalue weighted by Gasteiger charge is 2.32. The predicted octanol–water partition coefficient (Wildman–Crippen LogP) is -0.737. The predicted molar refractivity (Wildman–Crippen MR) is 66.5 cm³/mol. The van der Waals surface area contributed by atoms with E-state index in [2.05, 4.69) is 11.4 Å². The number of amidine groups is 1. The topological polar surface area (TPSA) is 67.0 Å². The maximum absolute atomic E-state index is 9.63. The number of thioether (sulfide) groups is 1. The van der Waals surface area contributed by atoms with Crippen molar-refractivity contribution in [1.82, 2.24) is 9.57 Å². The van der Waals surface area contributed by atoms with E-state index < -0.39 is 6.10 Å². The van der Waals surface area contributed by atoms with Crippen molar-refractivity contribution in [3.8, 4) is 0 Å². The van der Waals surface area contributed by atoms with Gasteiger partial charge in [-0.25, -0.2) is 9.57 Å². The Balaban J connectivity index is 2.56. The Hall–Kier alpha value is -0.520. The van der Waals surface area contributed by atoms with Gasteiger partial charge in [0.05, 0.1) is 32.9 Å². The fourth-order valence-corrected chi connectivity index (χ4v) is 2.59. The quantitative estimate of drug-likeness (QED) is 0.382. The van der Waals surface area contributed by atoms with Crippen molar-refractivity contribution in [3.05, 3.63) is 0 Å². The zero-order valence-corrected chi connectivity index (χ0v) is 10.5. The van der Waals surface area contributed by atoms with Crippen molar-refractivity contribution in [2.45, 2.75) is 30.5 Å². The molecule has 92 valence electrons. The average Bonchev–Trinajstić information content (AvgIpc) is 2.24. The summed E-state index contributed by atoms with van der Waals surface area (Å²) in [5, 5.41) is 19.4. The minimum absolute atomic E-state index is 0.0626. The zero-order chi connectivity index (χ0) is 12.1. The van der Waals surface area contributed by atoms with Crippen LogP contribution in [-0.2, 0) is 4.74 Å². The van der Waals surface area contributed by atoms with E-state index in [1.807, 2.05) is 19.0 Å². The first kappa shape index (κ1) is 13.5. The molecule has 0 aromatic rings. The molecule has 0 bridgehead atoms. The fraction of sp³-hybridized carbons (Fsp3) is 0.800. The van der Waals surface area contributed by atoms with E-state index in [1.165, 1.54) is 11.8 Å². The first-order valence-electron chi connectivity index (χ1n) is 5.18. The monoisotopic (exact) mass is 247 g/mol. The number of rotatable bonds is 2. The summed E-state index contributed by atoms with van der Waals surface area (Å²) in [6.45, 7) is 3.43. The lowest BCUT2D eigenvalue weighted by Crippen LogP contribution is -2.37. The zero-order valence-electron chi connectivity index (χ0n) is 9.67. The van der Waals surface area contributed by atoms with Crippen LogP contribution in [0.15, 0.2) is 0 Å². The van der Waals surface area contributed by atoms with Gasteiger partial charge in [0.15, 0.2) is 6.72 Å². The van der Waals surface area contributed by atoms with E-state index in [1.54, 1.807) is 0 Å². The molecular weight excluding hydrogens is 228 g/mol. The number of ether oxygens (including phenoxy) is 1. The van der Waals surface area contributed by atoms with Crippen molar-refractivity contribution in [2.24, 2.45) is 0 Å². The largest absolute Gasteiger partial charge is 0.407 e. The van der Waals surface area contributed by atoms with Gasteiger partial charge in [-0.2, -0.15) is 0 Å². The number of aliphatic hydroxyl groups is 2. The highest BCUT2D eigenvalue weighted by Crippen LogP contribution is 2.27. The van der Waals surface area contributed by atoms with Crippen LogP contribution in [0.5, 0.6) is 0 Å². The summed E-state index contributed by atoms with van der Waals surface area (Å²) >= 11 is 1.42. The van der Waals surface area contributed by atoms with Gasteiger partial charge in [0.2, 0.25) is 0 Å². The van der Waals surface area contributed by atoms with Crippen LogP contribution in [0.25, 0.3) is 0 Å². The van der Waals surface area contributed by atoms with Crippen LogP contribution in [0, 0.1) is 0 Å². The van der Waals surface area contributed by atoms with E-state index in [9.17, 15) is 5.11 Å². The van der Waals surface area contributed by atoms with Crippen molar-refractivity contribution in [3.63, 3.8) is 0 Å². The van der Waals surface area contributed by atoms with Crippen molar-refractivity contribution in [2.75, 3.05) is 20.7 Å². The van der Waals surface area contributed by atoms with Crippen LogP contribution < -0.4 is 4.67 Å². The molecule has 5 nitrogen and oxygen atoms in total. The Kier molecular flexibility index (Phi) is 5.31. The number of nitrogens with zero attached hydrogens (tertiary/aromatic N) is 2. The van der Waals surface area contributed by atoms with Crippen LogP contribution in [0.4, 0.5) is 0 Å². The van der Waals surface area contributed by atoms with E-state index in [0.29, 0.717) is 12.8 Å². The maximum atomic E-state index is 9.63. The van der Waals surface area contributed by atoms with Gasteiger partial charge in [-0.1, -0.05) is 0 Å². The normalized spacial score (nSPS) is 29.6. The molecule has 3 atom stereocenters. The summed E-state index contributed by atoms with van der Waals surface area (Å²) < 4.78 is 9.50. The molecule has 1 fully saturated rings. The summed E-state index contributed by atoms with van der Waals surface area (Å²) in [6, 6.07) is 0. The molecule has 0 unspecified atom stereocenters. The molecule has 2 N–H and O–H groups in total. The molecule has 0 spiro atoms. The van der Waals surface area contributed by atoms with Gasteiger partial charge in [-0.15, -0.1) is 0 Å². The second-order valence-electron chi connectivity index (χ2n) is 3.95. The molecule has 1 heterocycles. The van der Waals surface area contributed by atoms with Gasteiger partial charge in [0.1, 0.15) is 5.44 Å². The molecule has 0 radical (unpaired) electrons. The Labute approximate surface area is 99.8 Å². The lowest BCUT2D eigenvalue weighted by molar-refractivity contribution is -0.0779. The highest BCUT2D eigenvalue weighted by molar-refractivity contribution is 8.14. The van der Waals surface area contributed by atoms with Gasteiger partial charge < -0.3 is 14.9 Å². The van der Waals surface area contributed by atoms with Crippen molar-refractivity contribution < 1.29 is 14.9 Å². The van der Waals surface area contributed by atoms with Gasteiger partial charge in [-0.3, -0.25) is 0 Å². The third-order valence-corrected chi connectivity index (χ3v) is 3.57. The molecule has 0 amide bonds. The summed E-state index contributed by atoms with van der Waals surface area (Å²) in [4.78, 5) is 1.84. The minimum Gasteiger partial charge on any atom is -0.394 e. The number of hydrogen-bond acceptors (Lipinski definition) is 4. The van der Waals surface area contributed by atoms with Gasteiger partial charge in [0.25, 0.3) is 0 Å². The van der Waals surface area contributed by atoms with Gasteiger partial charge in [0, 0.05) is 24.6 Å². The van der Waals surface area contributed by atoms with Crippen molar-refractivity contribution >= 4 is 23.6 Å². The second kappa shape index (κ2) is 6.27. The molecule has 1 aliphatic rings. The third-order valence-electron chi connectivity index (χ3n) is 2.30. The van der Waals surface area contributed by atoms with E-state index in [-0.39, 0.29) is 18.1 Å². The molecule has 0 saturated carbocycles. The lowest BCUT2D eigenvalue weighted by atomic mass is 10.1. The van der Waals surface area contributed by atoms with E-state index in [4.69, 9.17) is 9.84 Å². The lowest BCUT2D eigenvalue weighted by Gasteiger charge is -2.30. The smallest absolute Gasteiger partial charge is 0.394 e. The molecule has 16 heavy (non-hydrogen) atoms. The second-order valence-corrected chi connectivity index (χ2v) is 5.08. The molecule has 1 rings (SSSR count). The Morgan fingerprint density at radius 3 is 2.75 bits per heavy atom. The maximum Gasteiger partial charge on any atom is 0.407 e. The number of hydrogen-bond donors (Lipinski definition) is 2.